The van der Waals surface area contributed by atoms with Gasteiger partial charge in [-0.3, -0.25) is 9.59 Å². The van der Waals surface area contributed by atoms with Crippen molar-refractivity contribution in [2.45, 2.75) is 46.6 Å². The first-order valence-corrected chi connectivity index (χ1v) is 11.3. The Labute approximate surface area is 193 Å². The predicted molar refractivity (Wildman–Crippen MR) is 127 cm³/mol. The second kappa shape index (κ2) is 10.8. The minimum absolute atomic E-state index is 0.243. The van der Waals surface area contributed by atoms with Gasteiger partial charge < -0.3 is 19.8 Å². The molecule has 0 fully saturated rings. The lowest BCUT2D eigenvalue weighted by Crippen LogP contribution is -2.24. The van der Waals surface area contributed by atoms with E-state index >= 15 is 0 Å². The molecule has 0 saturated carbocycles. The average Bonchev–Trinajstić information content (AvgIpc) is 3.11. The van der Waals surface area contributed by atoms with Crippen LogP contribution in [0, 0.1) is 0 Å². The number of aryl methyl sites for hydroxylation is 1. The molecule has 0 spiro atoms. The normalized spacial score (nSPS) is 10.9. The van der Waals surface area contributed by atoms with Gasteiger partial charge in [-0.1, -0.05) is 56.7 Å². The van der Waals surface area contributed by atoms with Crippen molar-refractivity contribution in [1.82, 2.24) is 4.57 Å². The number of carbonyl (C=O) groups is 3. The van der Waals surface area contributed by atoms with E-state index in [0.29, 0.717) is 36.2 Å². The smallest absolute Gasteiger partial charge is 0.344 e. The molecule has 0 radical (unpaired) electrons. The molecule has 3 aromatic rings. The minimum atomic E-state index is -1.03. The number of fused-ring (bicyclic) bond motifs is 1. The monoisotopic (exact) mass is 450 g/mol. The fraction of sp³-hybridized carbons (Fsp3) is 0.346. The second-order valence-corrected chi connectivity index (χ2v) is 7.73. The number of benzene rings is 2. The molecule has 0 unspecified atom stereocenters. The number of rotatable bonds is 11. The topological polar surface area (TPSA) is 101 Å². The first kappa shape index (κ1) is 24.0. The molecule has 3 rings (SSSR count). The lowest BCUT2D eigenvalue weighted by atomic mass is 9.99. The van der Waals surface area contributed by atoms with Gasteiger partial charge in [-0.25, -0.2) is 4.79 Å². The van der Waals surface area contributed by atoms with Crippen LogP contribution in [0.5, 0.6) is 5.75 Å². The van der Waals surface area contributed by atoms with E-state index < -0.39 is 17.7 Å². The molecular formula is C26H30N2O5. The van der Waals surface area contributed by atoms with Gasteiger partial charge in [-0.15, -0.1) is 0 Å². The summed E-state index contributed by atoms with van der Waals surface area (Å²) in [5, 5.41) is 0.516. The fourth-order valence-electron chi connectivity index (χ4n) is 4.15. The fourth-order valence-corrected chi connectivity index (χ4v) is 4.15. The number of nitrogens with two attached hydrogens (primary N) is 1. The number of aromatic nitrogens is 1. The van der Waals surface area contributed by atoms with Crippen LogP contribution in [0.4, 0.5) is 0 Å². The molecule has 1 heterocycles. The van der Waals surface area contributed by atoms with Gasteiger partial charge >= 0.3 is 5.97 Å². The van der Waals surface area contributed by atoms with E-state index in [9.17, 15) is 14.4 Å². The van der Waals surface area contributed by atoms with Crippen LogP contribution in [-0.4, -0.2) is 35.4 Å². The zero-order valence-electron chi connectivity index (χ0n) is 19.3. The van der Waals surface area contributed by atoms with Crippen molar-refractivity contribution in [3.8, 4) is 5.75 Å². The van der Waals surface area contributed by atoms with Gasteiger partial charge in [0.25, 0.3) is 11.7 Å². The van der Waals surface area contributed by atoms with E-state index in [2.05, 4.69) is 0 Å². The summed E-state index contributed by atoms with van der Waals surface area (Å²) in [5.41, 5.74) is 9.04. The number of ether oxygens (including phenoxy) is 2. The Morgan fingerprint density at radius 3 is 2.33 bits per heavy atom. The highest BCUT2D eigenvalue weighted by Gasteiger charge is 2.28. The molecule has 0 saturated heterocycles. The van der Waals surface area contributed by atoms with Crippen LogP contribution in [-0.2, 0) is 33.7 Å². The van der Waals surface area contributed by atoms with Crippen LogP contribution in [0.3, 0.4) is 0 Å². The summed E-state index contributed by atoms with van der Waals surface area (Å²) in [6.07, 6.45) is 2.03. The van der Waals surface area contributed by atoms with Crippen LogP contribution in [0.2, 0.25) is 0 Å². The van der Waals surface area contributed by atoms with Crippen molar-refractivity contribution in [3.05, 3.63) is 64.8 Å². The third-order valence-corrected chi connectivity index (χ3v) is 5.50. The molecule has 1 amide bonds. The Balaban J connectivity index is 2.29. The van der Waals surface area contributed by atoms with E-state index in [-0.39, 0.29) is 18.8 Å². The first-order valence-electron chi connectivity index (χ1n) is 11.3. The summed E-state index contributed by atoms with van der Waals surface area (Å²) in [6, 6.07) is 13.8. The lowest BCUT2D eigenvalue weighted by molar-refractivity contribution is -0.145. The third-order valence-electron chi connectivity index (χ3n) is 5.50. The van der Waals surface area contributed by atoms with Crippen molar-refractivity contribution in [3.63, 3.8) is 0 Å². The molecule has 33 heavy (non-hydrogen) atoms. The van der Waals surface area contributed by atoms with Gasteiger partial charge in [0.15, 0.2) is 6.61 Å². The summed E-state index contributed by atoms with van der Waals surface area (Å²) in [4.78, 5) is 37.1. The van der Waals surface area contributed by atoms with Gasteiger partial charge in [0.1, 0.15) is 5.75 Å². The number of hydrogen-bond acceptors (Lipinski definition) is 5. The molecule has 7 heteroatoms. The van der Waals surface area contributed by atoms with Crippen molar-refractivity contribution in [1.29, 1.82) is 0 Å². The van der Waals surface area contributed by atoms with E-state index in [1.807, 2.05) is 60.9 Å². The Morgan fingerprint density at radius 1 is 1.00 bits per heavy atom. The molecule has 0 aliphatic rings. The van der Waals surface area contributed by atoms with Gasteiger partial charge in [0.05, 0.1) is 23.1 Å². The minimum Gasteiger partial charge on any atom is -0.481 e. The number of ketones is 1. The Bertz CT molecular complexity index is 1160. The summed E-state index contributed by atoms with van der Waals surface area (Å²) in [7, 11) is 0. The second-order valence-electron chi connectivity index (χ2n) is 7.73. The maximum atomic E-state index is 13.0. The van der Waals surface area contributed by atoms with E-state index in [1.165, 1.54) is 0 Å². The van der Waals surface area contributed by atoms with Gasteiger partial charge in [-0.2, -0.15) is 0 Å². The molecule has 0 aliphatic carbocycles. The lowest BCUT2D eigenvalue weighted by Gasteiger charge is -2.14. The summed E-state index contributed by atoms with van der Waals surface area (Å²) < 4.78 is 13.0. The summed E-state index contributed by atoms with van der Waals surface area (Å²) in [6.45, 7) is 6.15. The van der Waals surface area contributed by atoms with Crippen LogP contribution < -0.4 is 10.5 Å². The summed E-state index contributed by atoms with van der Waals surface area (Å²) >= 11 is 0. The maximum Gasteiger partial charge on any atom is 0.344 e. The number of carbonyl (C=O) groups excluding carboxylic acids is 3. The Kier molecular flexibility index (Phi) is 7.87. The molecular weight excluding hydrogens is 420 g/mol. The third kappa shape index (κ3) is 5.08. The molecule has 1 aromatic heterocycles. The van der Waals surface area contributed by atoms with Crippen LogP contribution in [0.25, 0.3) is 10.9 Å². The standard InChI is InChI=1S/C26H30N2O5/c1-4-10-18-13-14-20-23(25(18)33-16-21(29)32-6-3)22(24(30)26(27)31)19(5-2)28(20)15-17-11-8-7-9-12-17/h7-9,11-14H,4-6,10,15-16H2,1-3H3,(H2,27,31). The number of nitrogens with zero attached hydrogens (tertiary/aromatic N) is 1. The number of hydrogen-bond donors (Lipinski definition) is 1. The van der Waals surface area contributed by atoms with Crippen LogP contribution in [0.15, 0.2) is 42.5 Å². The van der Waals surface area contributed by atoms with Gasteiger partial charge in [-0.05, 0) is 37.0 Å². The van der Waals surface area contributed by atoms with Crippen molar-refractivity contribution in [2.24, 2.45) is 5.73 Å². The summed E-state index contributed by atoms with van der Waals surface area (Å²) in [5.74, 6) is -1.87. The number of esters is 1. The largest absolute Gasteiger partial charge is 0.481 e. The molecule has 0 atom stereocenters. The zero-order chi connectivity index (χ0) is 24.0. The highest BCUT2D eigenvalue weighted by Crippen LogP contribution is 2.38. The van der Waals surface area contributed by atoms with Crippen molar-refractivity contribution >= 4 is 28.6 Å². The number of amides is 1. The Morgan fingerprint density at radius 2 is 1.73 bits per heavy atom. The number of Topliss-reactive ketones (excluding diaryl/α,β-unsaturated/α-hetero) is 1. The van der Waals surface area contributed by atoms with Crippen LogP contribution >= 0.6 is 0 Å². The van der Waals surface area contributed by atoms with E-state index in [4.69, 9.17) is 15.2 Å². The predicted octanol–water partition coefficient (Wildman–Crippen LogP) is 3.81. The first-order chi connectivity index (χ1) is 15.9. The molecule has 7 nitrogen and oxygen atoms in total. The Hall–Kier alpha value is -3.61. The maximum absolute atomic E-state index is 13.0. The van der Waals surface area contributed by atoms with Gasteiger partial charge in [0.2, 0.25) is 0 Å². The zero-order valence-corrected chi connectivity index (χ0v) is 19.3. The van der Waals surface area contributed by atoms with E-state index in [0.717, 1.165) is 23.1 Å². The van der Waals surface area contributed by atoms with Crippen molar-refractivity contribution in [2.75, 3.05) is 13.2 Å². The molecule has 174 valence electrons. The molecule has 0 bridgehead atoms. The van der Waals surface area contributed by atoms with E-state index in [1.54, 1.807) is 6.92 Å². The highest BCUT2D eigenvalue weighted by molar-refractivity contribution is 6.45. The average molecular weight is 451 g/mol. The quantitative estimate of drug-likeness (QED) is 0.272. The highest BCUT2D eigenvalue weighted by atomic mass is 16.6. The van der Waals surface area contributed by atoms with Crippen LogP contribution in [0.1, 0.15) is 54.4 Å². The van der Waals surface area contributed by atoms with Gasteiger partial charge in [0, 0.05) is 12.2 Å². The molecule has 2 N–H and O–H groups in total. The van der Waals surface area contributed by atoms with Crippen molar-refractivity contribution < 1.29 is 23.9 Å². The molecule has 0 aliphatic heterocycles. The SMILES string of the molecule is CCCc1ccc2c(c1OCC(=O)OCC)c(C(=O)C(N)=O)c(CC)n2Cc1ccccc1. The number of primary amides is 1. The molecule has 2 aromatic carbocycles.